The van der Waals surface area contributed by atoms with Crippen LogP contribution in [0.3, 0.4) is 0 Å². The molecule has 3 aliphatic heterocycles. The van der Waals surface area contributed by atoms with Crippen molar-refractivity contribution >= 4 is 52.1 Å². The Kier molecular flexibility index (Phi) is 12.1. The summed E-state index contributed by atoms with van der Waals surface area (Å²) in [5.74, 6) is -3.35. The lowest BCUT2D eigenvalue weighted by molar-refractivity contribution is -0.141. The normalized spacial score (nSPS) is 27.2. The summed E-state index contributed by atoms with van der Waals surface area (Å²) in [5, 5.41) is 4.99. The number of ether oxygens (including phenoxy) is 2. The van der Waals surface area contributed by atoms with Crippen molar-refractivity contribution in [3.8, 4) is 0 Å². The van der Waals surface area contributed by atoms with Crippen LogP contribution in [0.5, 0.6) is 0 Å². The van der Waals surface area contributed by atoms with Crippen molar-refractivity contribution in [3.05, 3.63) is 34.9 Å². The molecule has 0 radical (unpaired) electrons. The Morgan fingerprint density at radius 3 is 2.39 bits per heavy atom. The molecule has 16 nitrogen and oxygen atoms in total. The highest BCUT2D eigenvalue weighted by atomic mass is 32.2. The summed E-state index contributed by atoms with van der Waals surface area (Å²) >= 11 is 0. The molecule has 4 fully saturated rings. The molecule has 3 N–H and O–H groups in total. The van der Waals surface area contributed by atoms with Crippen molar-refractivity contribution < 1.29 is 46.7 Å². The zero-order valence-electron chi connectivity index (χ0n) is 32.6. The van der Waals surface area contributed by atoms with E-state index in [4.69, 9.17) is 9.47 Å². The maximum atomic E-state index is 14.4. The highest BCUT2D eigenvalue weighted by Gasteiger charge is 2.62. The van der Waals surface area contributed by atoms with E-state index in [0.717, 1.165) is 36.8 Å². The Morgan fingerprint density at radius 2 is 1.70 bits per heavy atom. The first-order valence-electron chi connectivity index (χ1n) is 19.8. The number of amides is 6. The fourth-order valence-corrected chi connectivity index (χ4v) is 9.23. The van der Waals surface area contributed by atoms with E-state index in [9.17, 15) is 37.2 Å². The van der Waals surface area contributed by atoms with Crippen LogP contribution < -0.4 is 15.4 Å². The molecule has 5 atom stereocenters. The second-order valence-corrected chi connectivity index (χ2v) is 18.7. The van der Waals surface area contributed by atoms with Gasteiger partial charge in [0.05, 0.1) is 17.7 Å². The second-order valence-electron chi connectivity index (χ2n) is 16.7. The van der Waals surface area contributed by atoms with Crippen LogP contribution in [0.4, 0.5) is 9.59 Å². The zero-order chi connectivity index (χ0) is 40.4. The van der Waals surface area contributed by atoms with E-state index in [1.165, 1.54) is 16.0 Å². The summed E-state index contributed by atoms with van der Waals surface area (Å²) in [5.41, 5.74) is -0.127. The van der Waals surface area contributed by atoms with Crippen molar-refractivity contribution in [1.82, 2.24) is 25.2 Å². The molecule has 2 unspecified atom stereocenters. The van der Waals surface area contributed by atoms with Gasteiger partial charge in [-0.2, -0.15) is 4.99 Å². The topological polar surface area (TPSA) is 210 Å². The molecule has 56 heavy (non-hydrogen) atoms. The van der Waals surface area contributed by atoms with Gasteiger partial charge in [-0.3, -0.25) is 28.8 Å². The summed E-state index contributed by atoms with van der Waals surface area (Å²) < 4.78 is 39.1. The third-order valence-corrected chi connectivity index (χ3v) is 12.9. The number of hydrogen-bond acceptors (Lipinski definition) is 10. The van der Waals surface area contributed by atoms with Gasteiger partial charge in [0, 0.05) is 37.8 Å². The molecule has 306 valence electrons. The minimum atomic E-state index is -3.90. The monoisotopic (exact) mass is 798 g/mol. The summed E-state index contributed by atoms with van der Waals surface area (Å²) in [6.45, 7) is 7.71. The molecule has 2 saturated carbocycles. The number of hydrogen-bond donors (Lipinski definition) is 3. The lowest BCUT2D eigenvalue weighted by Gasteiger charge is -2.28. The molecule has 1 aromatic carbocycles. The van der Waals surface area contributed by atoms with Crippen LogP contribution >= 0.6 is 0 Å². The predicted octanol–water partition coefficient (Wildman–Crippen LogP) is 3.71. The molecule has 2 saturated heterocycles. The highest BCUT2D eigenvalue weighted by Crippen LogP contribution is 2.48. The Bertz CT molecular complexity index is 1870. The number of rotatable bonds is 7. The molecule has 3 heterocycles. The van der Waals surface area contributed by atoms with Crippen LogP contribution in [-0.2, 0) is 47.0 Å². The summed E-state index contributed by atoms with van der Waals surface area (Å²) in [4.78, 5) is 87.7. The molecular weight excluding hydrogens is 745 g/mol. The Labute approximate surface area is 327 Å². The van der Waals surface area contributed by atoms with Crippen LogP contribution in [0.2, 0.25) is 0 Å². The average molecular weight is 799 g/mol. The van der Waals surface area contributed by atoms with Crippen LogP contribution in [0.15, 0.2) is 23.2 Å². The molecule has 5 aliphatic rings. The first-order chi connectivity index (χ1) is 26.5. The van der Waals surface area contributed by atoms with Crippen molar-refractivity contribution in [1.29, 1.82) is 0 Å². The number of carbonyl (C=O) groups is 6. The van der Waals surface area contributed by atoms with Crippen LogP contribution in [0.1, 0.15) is 120 Å². The van der Waals surface area contributed by atoms with Gasteiger partial charge in [-0.05, 0) is 89.0 Å². The number of nitrogens with one attached hydrogen (secondary N) is 3. The van der Waals surface area contributed by atoms with Gasteiger partial charge in [0.25, 0.3) is 11.8 Å². The maximum Gasteiger partial charge on any atom is 0.433 e. The van der Waals surface area contributed by atoms with Gasteiger partial charge in [-0.25, -0.2) is 18.0 Å². The van der Waals surface area contributed by atoms with Crippen molar-refractivity contribution in [2.24, 2.45) is 16.8 Å². The molecule has 0 bridgehead atoms. The second kappa shape index (κ2) is 16.5. The fraction of sp³-hybridized carbons (Fsp3) is 0.667. The molecule has 0 spiro atoms. The van der Waals surface area contributed by atoms with Gasteiger partial charge >= 0.3 is 12.2 Å². The number of nitrogens with zero attached hydrogens (tertiary/aromatic N) is 3. The van der Waals surface area contributed by atoms with Crippen LogP contribution in [0.25, 0.3) is 0 Å². The first kappa shape index (κ1) is 41.1. The van der Waals surface area contributed by atoms with E-state index >= 15 is 0 Å². The molecule has 6 amide bonds. The van der Waals surface area contributed by atoms with E-state index in [0.29, 0.717) is 44.2 Å². The lowest BCUT2D eigenvalue weighted by Crippen LogP contribution is -2.57. The standard InChI is InChI=1S/C39H54N6O10S/c1-5-40-32(46)24-13-14-26-21-44(22-27(26)17-24)37(51)54-29-18-31-33(47)42-39(35(49)43-56(52,53)30-15-16-30)19-28(39)12-10-8-6-7-9-11-25(34(48)45(31)23-29)20-41-36(50)55-38(2,3)4/h13-14,17,20,25,28-31H,5-12,15-16,18-19,21-23H2,1-4H3,(H,40,46)(H,42,47)(H,43,49)/b41-20+/t25?,28-,29-,31?,39-/m1/s1. The van der Waals surface area contributed by atoms with E-state index in [-0.39, 0.29) is 44.3 Å². The van der Waals surface area contributed by atoms with E-state index in [1.54, 1.807) is 39.0 Å². The minimum Gasteiger partial charge on any atom is -0.444 e. The third kappa shape index (κ3) is 9.69. The SMILES string of the molecule is CCNC(=O)c1ccc2c(c1)CN(C(=O)O[C@@H]1CC3C(=O)N[C@]4(C(=O)NS(=O)(=O)C5CC5)C[C@H]4CCCCCCCC(/C=N/C(=O)OC(C)(C)C)C(=O)N3C1)C2. The van der Waals surface area contributed by atoms with E-state index in [2.05, 4.69) is 20.3 Å². The number of aliphatic imine (C=N–C) groups is 1. The van der Waals surface area contributed by atoms with Crippen molar-refractivity contribution in [2.75, 3.05) is 13.1 Å². The highest BCUT2D eigenvalue weighted by molar-refractivity contribution is 7.91. The number of benzene rings is 1. The van der Waals surface area contributed by atoms with Gasteiger partial charge < -0.3 is 25.0 Å². The lowest BCUT2D eigenvalue weighted by atomic mass is 9.99. The summed E-state index contributed by atoms with van der Waals surface area (Å²) in [7, 11) is -3.90. The van der Waals surface area contributed by atoms with Crippen LogP contribution in [0, 0.1) is 11.8 Å². The van der Waals surface area contributed by atoms with E-state index in [1.807, 2.05) is 6.92 Å². The van der Waals surface area contributed by atoms with E-state index < -0.39 is 74.4 Å². The van der Waals surface area contributed by atoms with Crippen molar-refractivity contribution in [2.45, 2.75) is 140 Å². The largest absolute Gasteiger partial charge is 0.444 e. The van der Waals surface area contributed by atoms with Crippen LogP contribution in [-0.4, -0.2) is 102 Å². The zero-order valence-corrected chi connectivity index (χ0v) is 33.5. The summed E-state index contributed by atoms with van der Waals surface area (Å²) in [6.07, 6.45) is 4.81. The molecule has 1 aromatic rings. The van der Waals surface area contributed by atoms with Gasteiger partial charge in [-0.1, -0.05) is 38.2 Å². The molecule has 6 rings (SSSR count). The van der Waals surface area contributed by atoms with Gasteiger partial charge in [0.2, 0.25) is 21.8 Å². The Morgan fingerprint density at radius 1 is 1.00 bits per heavy atom. The fourth-order valence-electron chi connectivity index (χ4n) is 7.87. The average Bonchev–Trinajstić information content (AvgIpc) is 4.01. The quantitative estimate of drug-likeness (QED) is 0.341. The molecule has 0 aromatic heterocycles. The maximum absolute atomic E-state index is 14.4. The minimum absolute atomic E-state index is 0.0793. The molecule has 17 heteroatoms. The van der Waals surface area contributed by atoms with Gasteiger partial charge in [0.15, 0.2) is 0 Å². The predicted molar refractivity (Wildman–Crippen MR) is 204 cm³/mol. The smallest absolute Gasteiger partial charge is 0.433 e. The first-order valence-corrected chi connectivity index (χ1v) is 21.4. The molecular formula is C39H54N6O10S. The number of carbonyl (C=O) groups excluding carboxylic acids is 6. The Balaban J connectivity index is 1.23. The number of fused-ring (bicyclic) bond motifs is 3. The third-order valence-electron chi connectivity index (χ3n) is 11.1. The Hall–Kier alpha value is -4.54. The molecule has 2 aliphatic carbocycles. The summed E-state index contributed by atoms with van der Waals surface area (Å²) in [6, 6.07) is 4.07. The van der Waals surface area contributed by atoms with Crippen molar-refractivity contribution in [3.63, 3.8) is 0 Å². The van der Waals surface area contributed by atoms with Gasteiger partial charge in [0.1, 0.15) is 23.3 Å². The van der Waals surface area contributed by atoms with Gasteiger partial charge in [-0.15, -0.1) is 0 Å². The number of sulfonamides is 1.